The minimum atomic E-state index is -0.346. The van der Waals surface area contributed by atoms with Crippen molar-refractivity contribution in [3.05, 3.63) is 107 Å². The Balaban J connectivity index is 1.38. The van der Waals surface area contributed by atoms with Crippen LogP contribution in [0.1, 0.15) is 35.2 Å². The topological polar surface area (TPSA) is 81.1 Å². The van der Waals surface area contributed by atoms with Crippen molar-refractivity contribution in [2.24, 2.45) is 0 Å². The van der Waals surface area contributed by atoms with E-state index in [1.807, 2.05) is 42.5 Å². The van der Waals surface area contributed by atoms with E-state index in [0.29, 0.717) is 12.4 Å². The first kappa shape index (κ1) is 22.3. The number of nitrogens with one attached hydrogen (secondary N) is 2. The number of aromatic nitrogens is 3. The largest absolute Gasteiger partial charge is 0.497 e. The number of benzene rings is 3. The third-order valence-corrected chi connectivity index (χ3v) is 5.92. The molecule has 0 aliphatic carbocycles. The summed E-state index contributed by atoms with van der Waals surface area (Å²) in [5, 5.41) is 10.7. The van der Waals surface area contributed by atoms with Crippen LogP contribution in [0.3, 0.4) is 0 Å². The average molecular weight is 470 g/mol. The van der Waals surface area contributed by atoms with Crippen molar-refractivity contribution in [2.45, 2.75) is 18.5 Å². The van der Waals surface area contributed by atoms with Crippen LogP contribution in [0.5, 0.6) is 5.75 Å². The number of methoxy groups -OCH3 is 1. The molecular weight excluding hydrogens is 445 g/mol. The first-order chi connectivity index (χ1) is 17.1. The molecule has 0 bridgehead atoms. The number of ether oxygens (including phenoxy) is 1. The molecule has 4 aromatic rings. The minimum Gasteiger partial charge on any atom is -0.497 e. The lowest BCUT2D eigenvalue weighted by molar-refractivity contribution is -0.111. The molecule has 3 aromatic carbocycles. The highest BCUT2D eigenvalue weighted by molar-refractivity contribution is 6.00. The molecule has 8 heteroatoms. The highest BCUT2D eigenvalue weighted by Gasteiger charge is 2.31. The number of fused-ring (bicyclic) bond motifs is 1. The maximum Gasteiger partial charge on any atom is 0.250 e. The highest BCUT2D eigenvalue weighted by Crippen LogP contribution is 2.38. The Bertz CT molecular complexity index is 1330. The van der Waals surface area contributed by atoms with Gasteiger partial charge in [-0.1, -0.05) is 54.6 Å². The van der Waals surface area contributed by atoms with E-state index >= 15 is 0 Å². The molecule has 1 aliphatic rings. The quantitative estimate of drug-likeness (QED) is 0.378. The molecule has 1 aliphatic heterocycles. The summed E-state index contributed by atoms with van der Waals surface area (Å²) in [6, 6.07) is 23.6. The molecule has 5 rings (SSSR count). The van der Waals surface area contributed by atoms with Crippen LogP contribution < -0.4 is 15.4 Å². The van der Waals surface area contributed by atoms with Crippen LogP contribution in [0.15, 0.2) is 84.9 Å². The van der Waals surface area contributed by atoms with E-state index in [0.717, 1.165) is 22.4 Å². The second kappa shape index (κ2) is 9.80. The van der Waals surface area contributed by atoms with E-state index in [4.69, 9.17) is 4.74 Å². The van der Waals surface area contributed by atoms with Crippen molar-refractivity contribution >= 4 is 23.9 Å². The molecule has 176 valence electrons. The van der Waals surface area contributed by atoms with Crippen LogP contribution in [0.4, 0.5) is 16.3 Å². The van der Waals surface area contributed by atoms with Crippen LogP contribution in [-0.4, -0.2) is 27.8 Å². The van der Waals surface area contributed by atoms with Crippen LogP contribution in [-0.2, 0) is 4.79 Å². The maximum atomic E-state index is 13.6. The van der Waals surface area contributed by atoms with Gasteiger partial charge < -0.3 is 10.1 Å². The molecular formula is C27H24FN5O2. The fraction of sp³-hybridized carbons (Fsp3) is 0.148. The van der Waals surface area contributed by atoms with E-state index < -0.39 is 0 Å². The Hall–Kier alpha value is -4.46. The molecule has 2 heterocycles. The summed E-state index contributed by atoms with van der Waals surface area (Å²) in [6.45, 7) is 0. The molecule has 0 fully saturated rings. The highest BCUT2D eigenvalue weighted by atomic mass is 19.1. The zero-order valence-electron chi connectivity index (χ0n) is 19.1. The lowest BCUT2D eigenvalue weighted by atomic mass is 9.93. The molecule has 2 N–H and O–H groups in total. The molecule has 0 radical (unpaired) electrons. The molecule has 0 unspecified atom stereocenters. The zero-order chi connectivity index (χ0) is 24.2. The summed E-state index contributed by atoms with van der Waals surface area (Å²) < 4.78 is 20.5. The van der Waals surface area contributed by atoms with Crippen LogP contribution in [0.25, 0.3) is 6.08 Å². The number of halogens is 1. The van der Waals surface area contributed by atoms with Gasteiger partial charge in [-0.25, -0.2) is 9.07 Å². The number of amides is 1. The molecule has 2 atom stereocenters. The molecule has 1 aromatic heterocycles. The number of carbonyl (C=O) groups is 1. The fourth-order valence-electron chi connectivity index (χ4n) is 4.14. The third kappa shape index (κ3) is 5.06. The van der Waals surface area contributed by atoms with Crippen molar-refractivity contribution in [3.63, 3.8) is 0 Å². The predicted octanol–water partition coefficient (Wildman–Crippen LogP) is 5.22. The second-order valence-corrected chi connectivity index (χ2v) is 8.21. The normalized spacial score (nSPS) is 17.0. The van der Waals surface area contributed by atoms with Gasteiger partial charge in [-0.3, -0.25) is 10.1 Å². The maximum absolute atomic E-state index is 13.6. The number of hydrogen-bond donors (Lipinski definition) is 2. The van der Waals surface area contributed by atoms with E-state index in [1.165, 1.54) is 18.2 Å². The smallest absolute Gasteiger partial charge is 0.250 e. The van der Waals surface area contributed by atoms with Gasteiger partial charge in [-0.2, -0.15) is 4.98 Å². The number of carbonyl (C=O) groups excluding carboxylic acids is 1. The molecule has 35 heavy (non-hydrogen) atoms. The van der Waals surface area contributed by atoms with Gasteiger partial charge in [0.25, 0.3) is 11.9 Å². The Kier molecular flexibility index (Phi) is 6.26. The standard InChI is InChI=1S/C27H24FN5O2/c1-35-22-14-7-18(8-15-22)9-16-25(34)30-26-31-27-29-23(19-5-3-2-4-6-19)17-24(33(27)32-26)20-10-12-21(28)13-11-20/h2-16,23-24H,17H2,1H3,(H2,29,30,31,32,34)/b16-9+/t23-,24-/m0/s1. The van der Waals surface area contributed by atoms with E-state index in [-0.39, 0.29) is 29.8 Å². The number of anilines is 2. The summed E-state index contributed by atoms with van der Waals surface area (Å²) in [5.41, 5.74) is 2.89. The van der Waals surface area contributed by atoms with Gasteiger partial charge >= 0.3 is 0 Å². The summed E-state index contributed by atoms with van der Waals surface area (Å²) >= 11 is 0. The second-order valence-electron chi connectivity index (χ2n) is 8.21. The zero-order valence-corrected chi connectivity index (χ0v) is 19.1. The molecule has 1 amide bonds. The Morgan fingerprint density at radius 3 is 2.51 bits per heavy atom. The van der Waals surface area contributed by atoms with Gasteiger partial charge in [0.1, 0.15) is 11.6 Å². The van der Waals surface area contributed by atoms with Gasteiger partial charge in [-0.05, 0) is 53.5 Å². The van der Waals surface area contributed by atoms with E-state index in [9.17, 15) is 9.18 Å². The van der Waals surface area contributed by atoms with Gasteiger partial charge in [0.15, 0.2) is 0 Å². The van der Waals surface area contributed by atoms with Gasteiger partial charge in [0.05, 0.1) is 19.2 Å². The number of nitrogens with zero attached hydrogens (tertiary/aromatic N) is 3. The van der Waals surface area contributed by atoms with Crippen LogP contribution >= 0.6 is 0 Å². The fourth-order valence-corrected chi connectivity index (χ4v) is 4.14. The van der Waals surface area contributed by atoms with Crippen LogP contribution in [0.2, 0.25) is 0 Å². The summed E-state index contributed by atoms with van der Waals surface area (Å²) in [7, 11) is 1.60. The lowest BCUT2D eigenvalue weighted by Gasteiger charge is -2.31. The Morgan fingerprint density at radius 2 is 1.80 bits per heavy atom. The minimum absolute atomic E-state index is 0.0125. The number of hydrogen-bond acceptors (Lipinski definition) is 5. The van der Waals surface area contributed by atoms with Crippen molar-refractivity contribution in [1.82, 2.24) is 14.8 Å². The van der Waals surface area contributed by atoms with Gasteiger partial charge in [-0.15, -0.1) is 5.10 Å². The predicted molar refractivity (Wildman–Crippen MR) is 133 cm³/mol. The first-order valence-electron chi connectivity index (χ1n) is 11.3. The third-order valence-electron chi connectivity index (χ3n) is 5.92. The molecule has 0 spiro atoms. The van der Waals surface area contributed by atoms with Crippen molar-refractivity contribution in [3.8, 4) is 5.75 Å². The van der Waals surface area contributed by atoms with Gasteiger partial charge in [0.2, 0.25) is 5.95 Å². The summed E-state index contributed by atoms with van der Waals surface area (Å²) in [6.07, 6.45) is 3.83. The van der Waals surface area contributed by atoms with E-state index in [2.05, 4.69) is 32.8 Å². The molecule has 7 nitrogen and oxygen atoms in total. The molecule has 0 saturated heterocycles. The van der Waals surface area contributed by atoms with Crippen molar-refractivity contribution in [2.75, 3.05) is 17.7 Å². The Labute approximate surface area is 202 Å². The van der Waals surface area contributed by atoms with Crippen LogP contribution in [0, 0.1) is 5.82 Å². The summed E-state index contributed by atoms with van der Waals surface area (Å²) in [5.74, 6) is 0.836. The molecule has 0 saturated carbocycles. The average Bonchev–Trinajstić information content (AvgIpc) is 3.30. The lowest BCUT2D eigenvalue weighted by Crippen LogP contribution is -2.28. The van der Waals surface area contributed by atoms with Gasteiger partial charge in [0, 0.05) is 6.08 Å². The first-order valence-corrected chi connectivity index (χ1v) is 11.3. The van der Waals surface area contributed by atoms with E-state index in [1.54, 1.807) is 30.0 Å². The number of rotatable bonds is 6. The summed E-state index contributed by atoms with van der Waals surface area (Å²) in [4.78, 5) is 17.0. The Morgan fingerprint density at radius 1 is 1.06 bits per heavy atom. The monoisotopic (exact) mass is 469 g/mol. The SMILES string of the molecule is COc1ccc(/C=C/C(=O)Nc2nc3n(n2)[C@H](c2ccc(F)cc2)C[C@@H](c2ccccc2)N3)cc1. The van der Waals surface area contributed by atoms with Crippen molar-refractivity contribution < 1.29 is 13.9 Å². The van der Waals surface area contributed by atoms with Crippen molar-refractivity contribution in [1.29, 1.82) is 0 Å².